The predicted molar refractivity (Wildman–Crippen MR) is 71.4 cm³/mol. The molecule has 2 aromatic rings. The molecule has 0 spiro atoms. The first-order valence-electron chi connectivity index (χ1n) is 6.39. The van der Waals surface area contributed by atoms with Crippen molar-refractivity contribution in [2.24, 2.45) is 5.84 Å². The van der Waals surface area contributed by atoms with Crippen LogP contribution in [-0.2, 0) is 6.54 Å². The molecule has 0 saturated heterocycles. The third-order valence-electron chi connectivity index (χ3n) is 3.32. The lowest BCUT2D eigenvalue weighted by atomic mass is 10.1. The fourth-order valence-corrected chi connectivity index (χ4v) is 2.14. The van der Waals surface area contributed by atoms with Crippen molar-refractivity contribution < 1.29 is 4.79 Å². The summed E-state index contributed by atoms with van der Waals surface area (Å²) >= 11 is 0. The molecule has 5 nitrogen and oxygen atoms in total. The topological polar surface area (TPSA) is 72.9 Å². The van der Waals surface area contributed by atoms with Gasteiger partial charge < -0.3 is 0 Å². The van der Waals surface area contributed by atoms with Gasteiger partial charge in [-0.15, -0.1) is 0 Å². The zero-order chi connectivity index (χ0) is 13.2. The fraction of sp³-hybridized carbons (Fsp3) is 0.286. The third kappa shape index (κ3) is 2.66. The highest BCUT2D eigenvalue weighted by molar-refractivity contribution is 5.93. The van der Waals surface area contributed by atoms with Gasteiger partial charge in [-0.3, -0.25) is 14.9 Å². The summed E-state index contributed by atoms with van der Waals surface area (Å²) in [6.45, 7) is 0.665. The molecule has 1 aliphatic rings. The number of hydrogen-bond donors (Lipinski definition) is 2. The van der Waals surface area contributed by atoms with Crippen LogP contribution in [0.2, 0.25) is 0 Å². The van der Waals surface area contributed by atoms with Gasteiger partial charge in [-0.1, -0.05) is 12.1 Å². The molecular weight excluding hydrogens is 240 g/mol. The van der Waals surface area contributed by atoms with Crippen LogP contribution in [-0.4, -0.2) is 15.7 Å². The standard InChI is InChI=1S/C14H16N4O/c15-16-14(19)12-3-1-2-10(8-12)9-18-7-6-13(17-18)11-4-5-11/h1-3,6-8,11H,4-5,9,15H2,(H,16,19). The quantitative estimate of drug-likeness (QED) is 0.493. The van der Waals surface area contributed by atoms with Gasteiger partial charge >= 0.3 is 0 Å². The highest BCUT2D eigenvalue weighted by Crippen LogP contribution is 2.38. The van der Waals surface area contributed by atoms with E-state index in [-0.39, 0.29) is 5.91 Å². The molecule has 3 N–H and O–H groups in total. The smallest absolute Gasteiger partial charge is 0.265 e. The molecule has 98 valence electrons. The molecule has 0 bridgehead atoms. The number of aromatic nitrogens is 2. The molecular formula is C14H16N4O. The lowest BCUT2D eigenvalue weighted by molar-refractivity contribution is 0.0953. The number of hydrogen-bond acceptors (Lipinski definition) is 3. The molecule has 0 radical (unpaired) electrons. The van der Waals surface area contributed by atoms with Crippen LogP contribution in [0, 0.1) is 0 Å². The van der Waals surface area contributed by atoms with E-state index in [0.29, 0.717) is 18.0 Å². The zero-order valence-corrected chi connectivity index (χ0v) is 10.5. The Morgan fingerprint density at radius 2 is 2.26 bits per heavy atom. The van der Waals surface area contributed by atoms with Gasteiger partial charge in [0, 0.05) is 17.7 Å². The predicted octanol–water partition coefficient (Wildman–Crippen LogP) is 1.41. The summed E-state index contributed by atoms with van der Waals surface area (Å²) in [4.78, 5) is 11.5. The number of hydrazine groups is 1. The SMILES string of the molecule is NNC(=O)c1cccc(Cn2ccc(C3CC3)n2)c1. The molecule has 5 heteroatoms. The van der Waals surface area contributed by atoms with Crippen molar-refractivity contribution in [3.63, 3.8) is 0 Å². The average molecular weight is 256 g/mol. The number of benzene rings is 1. The molecule has 1 fully saturated rings. The Hall–Kier alpha value is -2.14. The number of carbonyl (C=O) groups is 1. The summed E-state index contributed by atoms with van der Waals surface area (Å²) in [7, 11) is 0. The van der Waals surface area contributed by atoms with Crippen LogP contribution in [0.5, 0.6) is 0 Å². The van der Waals surface area contributed by atoms with E-state index >= 15 is 0 Å². The van der Waals surface area contributed by atoms with Crippen LogP contribution in [0.15, 0.2) is 36.5 Å². The first-order chi connectivity index (χ1) is 9.26. The number of amides is 1. The molecule has 0 aliphatic heterocycles. The molecule has 1 heterocycles. The molecule has 19 heavy (non-hydrogen) atoms. The Balaban J connectivity index is 1.76. The maximum atomic E-state index is 11.5. The minimum absolute atomic E-state index is 0.277. The van der Waals surface area contributed by atoms with Gasteiger partial charge in [-0.2, -0.15) is 5.10 Å². The molecule has 1 aromatic carbocycles. The van der Waals surface area contributed by atoms with Crippen molar-refractivity contribution in [1.29, 1.82) is 0 Å². The van der Waals surface area contributed by atoms with Gasteiger partial charge in [0.15, 0.2) is 0 Å². The van der Waals surface area contributed by atoms with E-state index in [1.165, 1.54) is 18.5 Å². The van der Waals surface area contributed by atoms with E-state index in [0.717, 1.165) is 5.56 Å². The number of carbonyl (C=O) groups excluding carboxylic acids is 1. The molecule has 1 aliphatic carbocycles. The number of nitrogens with one attached hydrogen (secondary N) is 1. The number of nitrogens with two attached hydrogens (primary N) is 1. The number of rotatable bonds is 4. The van der Waals surface area contributed by atoms with Crippen LogP contribution < -0.4 is 11.3 Å². The first kappa shape index (κ1) is 11.9. The normalized spacial score (nSPS) is 14.4. The summed E-state index contributed by atoms with van der Waals surface area (Å²) in [5, 5.41) is 4.55. The molecule has 3 rings (SSSR count). The second-order valence-corrected chi connectivity index (χ2v) is 4.89. The van der Waals surface area contributed by atoms with Crippen molar-refractivity contribution in [2.75, 3.05) is 0 Å². The van der Waals surface area contributed by atoms with Gasteiger partial charge in [-0.25, -0.2) is 5.84 Å². The van der Waals surface area contributed by atoms with Gasteiger partial charge in [0.25, 0.3) is 5.91 Å². The van der Waals surface area contributed by atoms with Gasteiger partial charge in [0.05, 0.1) is 12.2 Å². The van der Waals surface area contributed by atoms with E-state index in [2.05, 4.69) is 16.6 Å². The zero-order valence-electron chi connectivity index (χ0n) is 10.5. The summed E-state index contributed by atoms with van der Waals surface area (Å²) in [6, 6.07) is 9.48. The van der Waals surface area contributed by atoms with Crippen molar-refractivity contribution in [3.05, 3.63) is 53.3 Å². The fourth-order valence-electron chi connectivity index (χ4n) is 2.14. The number of nitrogen functional groups attached to an aromatic ring is 1. The van der Waals surface area contributed by atoms with E-state index < -0.39 is 0 Å². The largest absolute Gasteiger partial charge is 0.290 e. The van der Waals surface area contributed by atoms with Crippen LogP contribution in [0.1, 0.15) is 40.4 Å². The Labute approximate surface area is 111 Å². The summed E-state index contributed by atoms with van der Waals surface area (Å²) in [5.41, 5.74) is 4.91. The summed E-state index contributed by atoms with van der Waals surface area (Å²) < 4.78 is 1.91. The van der Waals surface area contributed by atoms with Crippen LogP contribution in [0.4, 0.5) is 0 Å². The molecule has 1 saturated carbocycles. The highest BCUT2D eigenvalue weighted by atomic mass is 16.2. The van der Waals surface area contributed by atoms with Crippen LogP contribution in [0.3, 0.4) is 0 Å². The maximum absolute atomic E-state index is 11.5. The van der Waals surface area contributed by atoms with E-state index in [4.69, 9.17) is 5.84 Å². The van der Waals surface area contributed by atoms with Crippen LogP contribution in [0.25, 0.3) is 0 Å². The number of nitrogens with zero attached hydrogens (tertiary/aromatic N) is 2. The monoisotopic (exact) mass is 256 g/mol. The lowest BCUT2D eigenvalue weighted by Crippen LogP contribution is -2.30. The molecule has 0 unspecified atom stereocenters. The summed E-state index contributed by atoms with van der Waals surface area (Å²) in [6.07, 6.45) is 4.50. The Kier molecular flexibility index (Phi) is 3.05. The maximum Gasteiger partial charge on any atom is 0.265 e. The van der Waals surface area contributed by atoms with E-state index in [9.17, 15) is 4.79 Å². The second kappa shape index (κ2) is 4.85. The molecule has 1 aromatic heterocycles. The van der Waals surface area contributed by atoms with Gasteiger partial charge in [-0.05, 0) is 36.6 Å². The minimum atomic E-state index is -0.277. The van der Waals surface area contributed by atoms with Gasteiger partial charge in [0.2, 0.25) is 0 Å². The van der Waals surface area contributed by atoms with E-state index in [1.54, 1.807) is 6.07 Å². The highest BCUT2D eigenvalue weighted by Gasteiger charge is 2.25. The van der Waals surface area contributed by atoms with Crippen molar-refractivity contribution >= 4 is 5.91 Å². The third-order valence-corrected chi connectivity index (χ3v) is 3.32. The van der Waals surface area contributed by atoms with Gasteiger partial charge in [0.1, 0.15) is 0 Å². The Bertz CT molecular complexity index is 601. The van der Waals surface area contributed by atoms with Crippen molar-refractivity contribution in [2.45, 2.75) is 25.3 Å². The Morgan fingerprint density at radius 3 is 3.00 bits per heavy atom. The molecule has 1 amide bonds. The lowest BCUT2D eigenvalue weighted by Gasteiger charge is -2.05. The average Bonchev–Trinajstić information content (AvgIpc) is 3.19. The van der Waals surface area contributed by atoms with Crippen LogP contribution >= 0.6 is 0 Å². The molecule has 0 atom stereocenters. The van der Waals surface area contributed by atoms with Crippen molar-refractivity contribution in [3.8, 4) is 0 Å². The minimum Gasteiger partial charge on any atom is -0.290 e. The first-order valence-corrected chi connectivity index (χ1v) is 6.39. The second-order valence-electron chi connectivity index (χ2n) is 4.89. The summed E-state index contributed by atoms with van der Waals surface area (Å²) in [5.74, 6) is 5.52. The Morgan fingerprint density at radius 1 is 1.42 bits per heavy atom. The van der Waals surface area contributed by atoms with E-state index in [1.807, 2.05) is 29.1 Å². The van der Waals surface area contributed by atoms with Crippen molar-refractivity contribution in [1.82, 2.24) is 15.2 Å².